The van der Waals surface area contributed by atoms with Crippen molar-refractivity contribution in [2.45, 2.75) is 56.2 Å². The van der Waals surface area contributed by atoms with Crippen LogP contribution >= 0.6 is 0 Å². The summed E-state index contributed by atoms with van der Waals surface area (Å²) < 4.78 is 10.8. The lowest BCUT2D eigenvalue weighted by Crippen LogP contribution is -2.54. The van der Waals surface area contributed by atoms with E-state index in [2.05, 4.69) is 0 Å². The average molecular weight is 312 g/mol. The molecule has 3 heterocycles. The van der Waals surface area contributed by atoms with Gasteiger partial charge in [0.15, 0.2) is 5.79 Å². The van der Waals surface area contributed by atoms with Crippen LogP contribution in [0, 0.1) is 0 Å². The fraction of sp³-hybridized carbons (Fsp3) is 0.667. The van der Waals surface area contributed by atoms with Crippen molar-refractivity contribution in [1.29, 1.82) is 0 Å². The third-order valence-corrected chi connectivity index (χ3v) is 4.76. The quantitative estimate of drug-likeness (QED) is 0.482. The van der Waals surface area contributed by atoms with Crippen molar-refractivity contribution in [3.05, 3.63) is 23.0 Å². The summed E-state index contributed by atoms with van der Waals surface area (Å²) in [6.07, 6.45) is 0.592. The smallest absolute Gasteiger partial charge is 0.342 e. The Kier molecular flexibility index (Phi) is 3.29. The lowest BCUT2D eigenvalue weighted by atomic mass is 9.83. The summed E-state index contributed by atoms with van der Waals surface area (Å²) in [5.41, 5.74) is -2.57. The largest absolute Gasteiger partial charge is 0.423 e. The number of esters is 1. The standard InChI is InChI=1S/C15H20O7/c1-13-3-4-15(20,22-13)14(2,19)5-9(17)11-8(7-16)12(18)21-10(11)6-13/h6,9,16-17,19-20H,3-5,7H2,1-2H3. The molecule has 0 amide bonds. The Balaban J connectivity index is 2.17. The fourth-order valence-corrected chi connectivity index (χ4v) is 3.40. The Morgan fingerprint density at radius 3 is 2.64 bits per heavy atom. The molecule has 7 heteroatoms. The third kappa shape index (κ3) is 2.12. The molecule has 3 aliphatic rings. The maximum Gasteiger partial charge on any atom is 0.342 e. The van der Waals surface area contributed by atoms with Crippen LogP contribution in [0.1, 0.15) is 33.1 Å². The van der Waals surface area contributed by atoms with Crippen LogP contribution in [0.2, 0.25) is 0 Å². The minimum Gasteiger partial charge on any atom is -0.423 e. The Bertz CT molecular complexity index is 591. The minimum absolute atomic E-state index is 0.0390. The number of rotatable bonds is 1. The number of fused-ring (bicyclic) bond motifs is 3. The Morgan fingerprint density at radius 2 is 2.00 bits per heavy atom. The molecule has 0 aromatic carbocycles. The number of ether oxygens (including phenoxy) is 2. The van der Waals surface area contributed by atoms with Crippen LogP contribution in [-0.2, 0) is 14.3 Å². The molecule has 4 atom stereocenters. The van der Waals surface area contributed by atoms with Gasteiger partial charge in [0.05, 0.1) is 23.9 Å². The SMILES string of the molecule is CC12C=C3OC(=O)C(CO)=C3C(O)CC(C)(O)C(O)(CC1)O2. The maximum absolute atomic E-state index is 11.8. The van der Waals surface area contributed by atoms with E-state index in [-0.39, 0.29) is 29.7 Å². The third-order valence-electron chi connectivity index (χ3n) is 4.76. The predicted octanol–water partition coefficient (Wildman–Crippen LogP) is -0.511. The van der Waals surface area contributed by atoms with Gasteiger partial charge in [-0.25, -0.2) is 4.79 Å². The van der Waals surface area contributed by atoms with Gasteiger partial charge in [0, 0.05) is 18.4 Å². The molecule has 1 saturated heterocycles. The monoisotopic (exact) mass is 312 g/mol. The zero-order valence-corrected chi connectivity index (χ0v) is 12.5. The molecule has 0 saturated carbocycles. The van der Waals surface area contributed by atoms with E-state index >= 15 is 0 Å². The molecular weight excluding hydrogens is 292 g/mol. The number of carbonyl (C=O) groups is 1. The van der Waals surface area contributed by atoms with Gasteiger partial charge < -0.3 is 29.9 Å². The highest BCUT2D eigenvalue weighted by atomic mass is 16.7. The van der Waals surface area contributed by atoms with E-state index in [0.717, 1.165) is 0 Å². The van der Waals surface area contributed by atoms with Crippen LogP contribution in [0.5, 0.6) is 0 Å². The van der Waals surface area contributed by atoms with E-state index in [1.54, 1.807) is 6.92 Å². The van der Waals surface area contributed by atoms with Gasteiger partial charge in [0.1, 0.15) is 11.4 Å². The molecular formula is C15H20O7. The van der Waals surface area contributed by atoms with Gasteiger partial charge in [-0.1, -0.05) is 0 Å². The summed E-state index contributed by atoms with van der Waals surface area (Å²) in [4.78, 5) is 11.8. The second kappa shape index (κ2) is 4.62. The molecule has 22 heavy (non-hydrogen) atoms. The highest BCUT2D eigenvalue weighted by molar-refractivity contribution is 5.95. The molecule has 7 nitrogen and oxygen atoms in total. The molecule has 0 spiro atoms. The summed E-state index contributed by atoms with van der Waals surface area (Å²) in [7, 11) is 0. The van der Waals surface area contributed by atoms with Crippen LogP contribution in [0.15, 0.2) is 23.0 Å². The number of aliphatic hydroxyl groups is 4. The highest BCUT2D eigenvalue weighted by Crippen LogP contribution is 2.48. The first kappa shape index (κ1) is 15.6. The van der Waals surface area contributed by atoms with E-state index in [4.69, 9.17) is 9.47 Å². The van der Waals surface area contributed by atoms with Gasteiger partial charge in [0.25, 0.3) is 0 Å². The van der Waals surface area contributed by atoms with Gasteiger partial charge >= 0.3 is 5.97 Å². The van der Waals surface area contributed by atoms with Gasteiger partial charge in [-0.15, -0.1) is 0 Å². The van der Waals surface area contributed by atoms with Crippen molar-refractivity contribution >= 4 is 5.97 Å². The number of aliphatic hydroxyl groups excluding tert-OH is 2. The lowest BCUT2D eigenvalue weighted by Gasteiger charge is -2.39. The number of carbonyl (C=O) groups excluding carboxylic acids is 1. The van der Waals surface area contributed by atoms with Crippen LogP contribution in [0.4, 0.5) is 0 Å². The van der Waals surface area contributed by atoms with Crippen LogP contribution in [0.3, 0.4) is 0 Å². The molecule has 4 N–H and O–H groups in total. The van der Waals surface area contributed by atoms with Crippen molar-refractivity contribution in [3.63, 3.8) is 0 Å². The molecule has 0 aromatic rings. The normalized spacial score (nSPS) is 44.9. The first-order valence-electron chi connectivity index (χ1n) is 7.23. The predicted molar refractivity (Wildman–Crippen MR) is 73.2 cm³/mol. The molecule has 0 radical (unpaired) electrons. The molecule has 0 aliphatic carbocycles. The van der Waals surface area contributed by atoms with Crippen molar-refractivity contribution in [2.75, 3.05) is 6.61 Å². The van der Waals surface area contributed by atoms with Crippen molar-refractivity contribution in [1.82, 2.24) is 0 Å². The minimum atomic E-state index is -1.80. The summed E-state index contributed by atoms with van der Waals surface area (Å²) in [6, 6.07) is 0. The van der Waals surface area contributed by atoms with Gasteiger partial charge in [0.2, 0.25) is 0 Å². The van der Waals surface area contributed by atoms with Crippen molar-refractivity contribution in [2.24, 2.45) is 0 Å². The van der Waals surface area contributed by atoms with Crippen molar-refractivity contribution in [3.8, 4) is 0 Å². The highest BCUT2D eigenvalue weighted by Gasteiger charge is 2.57. The molecule has 3 rings (SSSR count). The van der Waals surface area contributed by atoms with Gasteiger partial charge in [-0.3, -0.25) is 0 Å². The average Bonchev–Trinajstić information content (AvgIpc) is 2.87. The zero-order valence-electron chi connectivity index (χ0n) is 12.5. The Morgan fingerprint density at radius 1 is 1.32 bits per heavy atom. The van der Waals surface area contributed by atoms with E-state index < -0.39 is 35.7 Å². The molecule has 3 aliphatic heterocycles. The Hall–Kier alpha value is -1.25. The van der Waals surface area contributed by atoms with E-state index in [0.29, 0.717) is 6.42 Å². The summed E-state index contributed by atoms with van der Waals surface area (Å²) in [5, 5.41) is 41.0. The van der Waals surface area contributed by atoms with Crippen molar-refractivity contribution < 1.29 is 34.7 Å². The molecule has 122 valence electrons. The fourth-order valence-electron chi connectivity index (χ4n) is 3.40. The van der Waals surface area contributed by atoms with E-state index in [1.807, 2.05) is 0 Å². The first-order chi connectivity index (χ1) is 10.1. The van der Waals surface area contributed by atoms with E-state index in [1.165, 1.54) is 13.0 Å². The van der Waals surface area contributed by atoms with Gasteiger partial charge in [-0.2, -0.15) is 0 Å². The first-order valence-corrected chi connectivity index (χ1v) is 7.23. The Labute approximate surface area is 127 Å². The lowest BCUT2D eigenvalue weighted by molar-refractivity contribution is -0.297. The molecule has 4 unspecified atom stereocenters. The second-order valence-corrected chi connectivity index (χ2v) is 6.64. The molecule has 0 aromatic heterocycles. The van der Waals surface area contributed by atoms with Crippen LogP contribution < -0.4 is 0 Å². The maximum atomic E-state index is 11.8. The molecule has 2 bridgehead atoms. The summed E-state index contributed by atoms with van der Waals surface area (Å²) in [6.45, 7) is 2.50. The summed E-state index contributed by atoms with van der Waals surface area (Å²) in [5.74, 6) is -2.41. The topological polar surface area (TPSA) is 116 Å². The summed E-state index contributed by atoms with van der Waals surface area (Å²) >= 11 is 0. The molecule has 1 fully saturated rings. The van der Waals surface area contributed by atoms with Crippen LogP contribution in [-0.4, -0.2) is 56.1 Å². The number of hydrogen-bond acceptors (Lipinski definition) is 7. The number of hydrogen-bond donors (Lipinski definition) is 4. The van der Waals surface area contributed by atoms with Crippen LogP contribution in [0.25, 0.3) is 0 Å². The second-order valence-electron chi connectivity index (χ2n) is 6.64. The van der Waals surface area contributed by atoms with E-state index in [9.17, 15) is 25.2 Å². The zero-order chi connectivity index (χ0) is 16.3. The van der Waals surface area contributed by atoms with Gasteiger partial charge in [-0.05, 0) is 26.3 Å².